The third-order valence-corrected chi connectivity index (χ3v) is 2.51. The molecule has 0 saturated heterocycles. The molecule has 0 aliphatic heterocycles. The van der Waals surface area contributed by atoms with Crippen LogP contribution in [0.1, 0.15) is 15.9 Å². The normalized spacial score (nSPS) is 9.93. The molecule has 0 radical (unpaired) electrons. The van der Waals surface area contributed by atoms with Crippen molar-refractivity contribution in [2.75, 3.05) is 7.11 Å². The maximum Gasteiger partial charge on any atom is 0.265 e. The Bertz CT molecular complexity index is 342. The number of rotatable bonds is 3. The highest BCUT2D eigenvalue weighted by Gasteiger charge is 2.06. The first kappa shape index (κ1) is 11.2. The minimum atomic E-state index is -0.310. The predicted octanol–water partition coefficient (Wildman–Crippen LogP) is 1.20. The molecule has 4 nitrogen and oxygen atoms in total. The fourth-order valence-electron chi connectivity index (χ4n) is 1.07. The minimum Gasteiger partial charge on any atom is -0.380 e. The van der Waals surface area contributed by atoms with Crippen LogP contribution < -0.4 is 11.3 Å². The Morgan fingerprint density at radius 2 is 2.36 bits per heavy atom. The molecule has 1 aromatic rings. The number of halogens is 1. The van der Waals surface area contributed by atoms with Crippen LogP contribution in [0.25, 0.3) is 0 Å². The third kappa shape index (κ3) is 2.54. The summed E-state index contributed by atoms with van der Waals surface area (Å²) in [6.07, 6.45) is 0. The third-order valence-electron chi connectivity index (χ3n) is 1.74. The molecule has 1 rings (SSSR count). The Morgan fingerprint density at radius 3 is 2.93 bits per heavy atom. The van der Waals surface area contributed by atoms with E-state index >= 15 is 0 Å². The Hall–Kier alpha value is -0.910. The maximum atomic E-state index is 11.2. The zero-order valence-electron chi connectivity index (χ0n) is 7.71. The van der Waals surface area contributed by atoms with E-state index in [0.29, 0.717) is 12.2 Å². The molecule has 5 heteroatoms. The molecule has 0 heterocycles. The van der Waals surface area contributed by atoms with Gasteiger partial charge >= 0.3 is 0 Å². The van der Waals surface area contributed by atoms with E-state index in [0.717, 1.165) is 10.0 Å². The van der Waals surface area contributed by atoms with Gasteiger partial charge in [0, 0.05) is 17.1 Å². The van der Waals surface area contributed by atoms with Gasteiger partial charge in [-0.05, 0) is 23.8 Å². The second-order valence-corrected chi connectivity index (χ2v) is 3.57. The van der Waals surface area contributed by atoms with Crippen molar-refractivity contribution in [2.24, 2.45) is 5.84 Å². The van der Waals surface area contributed by atoms with Gasteiger partial charge in [-0.2, -0.15) is 0 Å². The van der Waals surface area contributed by atoms with Gasteiger partial charge in [-0.1, -0.05) is 15.9 Å². The Balaban J connectivity index is 2.99. The highest BCUT2D eigenvalue weighted by Crippen LogP contribution is 2.18. The first-order chi connectivity index (χ1) is 6.69. The number of carbonyl (C=O) groups is 1. The number of ether oxygens (including phenoxy) is 1. The molecule has 0 aliphatic carbocycles. The predicted molar refractivity (Wildman–Crippen MR) is 56.5 cm³/mol. The standard InChI is InChI=1S/C9H11BrN2O2/c1-14-5-7-4-6(9(13)12-11)2-3-8(7)10/h2-4H,5,11H2,1H3,(H,12,13). The lowest BCUT2D eigenvalue weighted by Gasteiger charge is -2.05. The van der Waals surface area contributed by atoms with Gasteiger partial charge in [0.05, 0.1) is 6.61 Å². The summed E-state index contributed by atoms with van der Waals surface area (Å²) >= 11 is 3.36. The lowest BCUT2D eigenvalue weighted by molar-refractivity contribution is 0.0953. The van der Waals surface area contributed by atoms with Crippen molar-refractivity contribution in [1.29, 1.82) is 0 Å². The minimum absolute atomic E-state index is 0.310. The van der Waals surface area contributed by atoms with E-state index in [1.165, 1.54) is 0 Å². The largest absolute Gasteiger partial charge is 0.380 e. The van der Waals surface area contributed by atoms with E-state index in [9.17, 15) is 4.79 Å². The Kier molecular flexibility index (Phi) is 4.06. The molecule has 0 saturated carbocycles. The number of benzene rings is 1. The average Bonchev–Trinajstić information content (AvgIpc) is 2.20. The van der Waals surface area contributed by atoms with Crippen LogP contribution in [0.5, 0.6) is 0 Å². The smallest absolute Gasteiger partial charge is 0.265 e. The molecule has 1 aromatic carbocycles. The van der Waals surface area contributed by atoms with Crippen LogP contribution >= 0.6 is 15.9 Å². The summed E-state index contributed by atoms with van der Waals surface area (Å²) in [6.45, 7) is 0.451. The Labute approximate surface area is 90.5 Å². The van der Waals surface area contributed by atoms with Crippen LogP contribution in [-0.2, 0) is 11.3 Å². The number of amides is 1. The van der Waals surface area contributed by atoms with Crippen molar-refractivity contribution in [3.63, 3.8) is 0 Å². The number of nitrogen functional groups attached to an aromatic ring is 1. The number of hydrogen-bond donors (Lipinski definition) is 2. The fourth-order valence-corrected chi connectivity index (χ4v) is 1.43. The van der Waals surface area contributed by atoms with Gasteiger partial charge in [-0.15, -0.1) is 0 Å². The van der Waals surface area contributed by atoms with Gasteiger partial charge in [0.1, 0.15) is 0 Å². The topological polar surface area (TPSA) is 64.3 Å². The molecule has 0 bridgehead atoms. The van der Waals surface area contributed by atoms with E-state index < -0.39 is 0 Å². The lowest BCUT2D eigenvalue weighted by atomic mass is 10.1. The molecule has 1 amide bonds. The van der Waals surface area contributed by atoms with Crippen molar-refractivity contribution in [3.8, 4) is 0 Å². The molecule has 0 aliphatic rings. The van der Waals surface area contributed by atoms with E-state index in [2.05, 4.69) is 21.4 Å². The zero-order valence-corrected chi connectivity index (χ0v) is 9.30. The summed E-state index contributed by atoms with van der Waals surface area (Å²) < 4.78 is 5.89. The molecule has 0 aromatic heterocycles. The van der Waals surface area contributed by atoms with Gasteiger partial charge in [-0.3, -0.25) is 10.2 Å². The lowest BCUT2D eigenvalue weighted by Crippen LogP contribution is -2.30. The molecule has 14 heavy (non-hydrogen) atoms. The fraction of sp³-hybridized carbons (Fsp3) is 0.222. The van der Waals surface area contributed by atoms with Gasteiger partial charge < -0.3 is 4.74 Å². The highest BCUT2D eigenvalue weighted by atomic mass is 79.9. The average molecular weight is 259 g/mol. The SMILES string of the molecule is COCc1cc(C(=O)NN)ccc1Br. The maximum absolute atomic E-state index is 11.2. The summed E-state index contributed by atoms with van der Waals surface area (Å²) in [7, 11) is 1.60. The molecule has 0 spiro atoms. The Morgan fingerprint density at radius 1 is 1.64 bits per heavy atom. The van der Waals surface area contributed by atoms with Crippen molar-refractivity contribution < 1.29 is 9.53 Å². The van der Waals surface area contributed by atoms with Crippen LogP contribution in [0, 0.1) is 0 Å². The number of hydrazine groups is 1. The van der Waals surface area contributed by atoms with Gasteiger partial charge in [0.25, 0.3) is 5.91 Å². The summed E-state index contributed by atoms with van der Waals surface area (Å²) in [4.78, 5) is 11.2. The summed E-state index contributed by atoms with van der Waals surface area (Å²) in [5, 5.41) is 0. The van der Waals surface area contributed by atoms with Gasteiger partial charge in [0.15, 0.2) is 0 Å². The van der Waals surface area contributed by atoms with Crippen molar-refractivity contribution in [2.45, 2.75) is 6.61 Å². The van der Waals surface area contributed by atoms with Crippen molar-refractivity contribution in [3.05, 3.63) is 33.8 Å². The number of carbonyl (C=O) groups excluding carboxylic acids is 1. The monoisotopic (exact) mass is 258 g/mol. The quantitative estimate of drug-likeness (QED) is 0.487. The van der Waals surface area contributed by atoms with E-state index in [4.69, 9.17) is 10.6 Å². The van der Waals surface area contributed by atoms with Crippen LogP contribution in [0.2, 0.25) is 0 Å². The van der Waals surface area contributed by atoms with E-state index in [1.54, 1.807) is 25.3 Å². The second-order valence-electron chi connectivity index (χ2n) is 2.71. The molecule has 0 fully saturated rings. The van der Waals surface area contributed by atoms with Crippen LogP contribution in [0.4, 0.5) is 0 Å². The van der Waals surface area contributed by atoms with E-state index in [1.807, 2.05) is 0 Å². The first-order valence-corrected chi connectivity index (χ1v) is 4.76. The van der Waals surface area contributed by atoms with Crippen molar-refractivity contribution in [1.82, 2.24) is 5.43 Å². The van der Waals surface area contributed by atoms with Crippen molar-refractivity contribution >= 4 is 21.8 Å². The molecule has 3 N–H and O–H groups in total. The second kappa shape index (κ2) is 5.09. The number of methoxy groups -OCH3 is 1. The summed E-state index contributed by atoms with van der Waals surface area (Å²) in [5.74, 6) is 4.71. The zero-order chi connectivity index (χ0) is 10.6. The number of nitrogens with one attached hydrogen (secondary N) is 1. The van der Waals surface area contributed by atoms with Crippen LogP contribution in [0.15, 0.2) is 22.7 Å². The highest BCUT2D eigenvalue weighted by molar-refractivity contribution is 9.10. The van der Waals surface area contributed by atoms with Gasteiger partial charge in [-0.25, -0.2) is 5.84 Å². The summed E-state index contributed by atoms with van der Waals surface area (Å²) in [5.41, 5.74) is 3.50. The van der Waals surface area contributed by atoms with Gasteiger partial charge in [0.2, 0.25) is 0 Å². The first-order valence-electron chi connectivity index (χ1n) is 3.97. The number of nitrogens with two attached hydrogens (primary N) is 1. The molecule has 76 valence electrons. The van der Waals surface area contributed by atoms with Crippen LogP contribution in [0.3, 0.4) is 0 Å². The molecular formula is C9H11BrN2O2. The molecule has 0 atom stereocenters. The number of hydrogen-bond acceptors (Lipinski definition) is 3. The summed E-state index contributed by atoms with van der Waals surface area (Å²) in [6, 6.07) is 5.21. The van der Waals surface area contributed by atoms with Crippen LogP contribution in [-0.4, -0.2) is 13.0 Å². The molecule has 0 unspecified atom stereocenters. The molecular weight excluding hydrogens is 248 g/mol. The van der Waals surface area contributed by atoms with E-state index in [-0.39, 0.29) is 5.91 Å².